The number of hydrogen-bond donors (Lipinski definition) is 3. The van der Waals surface area contributed by atoms with Crippen LogP contribution in [0.25, 0.3) is 0 Å². The molecule has 1 saturated carbocycles. The lowest BCUT2D eigenvalue weighted by molar-refractivity contribution is -0.000199. The van der Waals surface area contributed by atoms with E-state index in [1.165, 1.54) is 11.1 Å². The summed E-state index contributed by atoms with van der Waals surface area (Å²) in [7, 11) is 0. The van der Waals surface area contributed by atoms with Crippen molar-refractivity contribution in [3.8, 4) is 5.75 Å². The van der Waals surface area contributed by atoms with Gasteiger partial charge in [-0.25, -0.2) is 0 Å². The predicted molar refractivity (Wildman–Crippen MR) is 82.2 cm³/mol. The molecule has 3 N–H and O–H groups in total. The Morgan fingerprint density at radius 3 is 2.76 bits per heavy atom. The molecule has 21 heavy (non-hydrogen) atoms. The van der Waals surface area contributed by atoms with Gasteiger partial charge < -0.3 is 15.3 Å². The van der Waals surface area contributed by atoms with E-state index in [9.17, 15) is 15.3 Å². The van der Waals surface area contributed by atoms with Crippen molar-refractivity contribution in [1.82, 2.24) is 0 Å². The summed E-state index contributed by atoms with van der Waals surface area (Å²) in [6.07, 6.45) is 5.50. The zero-order valence-electron chi connectivity index (χ0n) is 12.8. The third-order valence-corrected chi connectivity index (χ3v) is 6.04. The average molecular weight is 290 g/mol. The number of aromatic hydroxyl groups is 1. The Morgan fingerprint density at radius 1 is 1.19 bits per heavy atom. The largest absolute Gasteiger partial charge is 0.508 e. The van der Waals surface area contributed by atoms with E-state index in [2.05, 4.69) is 6.92 Å². The summed E-state index contributed by atoms with van der Waals surface area (Å²) >= 11 is 0. The maximum Gasteiger partial charge on any atom is 0.115 e. The molecule has 0 spiro atoms. The number of benzene rings is 1. The van der Waals surface area contributed by atoms with Gasteiger partial charge in [0.1, 0.15) is 5.75 Å². The van der Waals surface area contributed by atoms with Crippen molar-refractivity contribution in [2.75, 3.05) is 6.61 Å². The van der Waals surface area contributed by atoms with Crippen LogP contribution < -0.4 is 0 Å². The number of aryl methyl sites for hydroxylation is 1. The molecule has 0 aromatic heterocycles. The second kappa shape index (κ2) is 5.62. The zero-order chi connectivity index (χ0) is 15.0. The number of aliphatic hydroxyl groups excluding tert-OH is 2. The quantitative estimate of drug-likeness (QED) is 0.802. The summed E-state index contributed by atoms with van der Waals surface area (Å²) in [4.78, 5) is 0. The first-order valence-corrected chi connectivity index (χ1v) is 8.14. The van der Waals surface area contributed by atoms with Crippen LogP contribution in [0.3, 0.4) is 0 Å². The number of aliphatic hydroxyl groups is 2. The molecule has 3 heteroatoms. The van der Waals surface area contributed by atoms with Crippen molar-refractivity contribution in [3.63, 3.8) is 0 Å². The molecule has 2 aliphatic carbocycles. The lowest BCUT2D eigenvalue weighted by Gasteiger charge is -2.40. The Labute approximate surface area is 126 Å². The number of hydrogen-bond acceptors (Lipinski definition) is 3. The molecule has 0 unspecified atom stereocenters. The van der Waals surface area contributed by atoms with Crippen LogP contribution in [0.2, 0.25) is 0 Å². The van der Waals surface area contributed by atoms with Crippen molar-refractivity contribution in [3.05, 3.63) is 29.3 Å². The molecule has 3 rings (SSSR count). The molecule has 0 aliphatic heterocycles. The topological polar surface area (TPSA) is 60.7 Å². The Bertz CT molecular complexity index is 513. The van der Waals surface area contributed by atoms with Crippen LogP contribution in [0.5, 0.6) is 5.75 Å². The van der Waals surface area contributed by atoms with Crippen molar-refractivity contribution < 1.29 is 15.3 Å². The summed E-state index contributed by atoms with van der Waals surface area (Å²) in [5.41, 5.74) is 2.47. The van der Waals surface area contributed by atoms with E-state index in [0.717, 1.165) is 32.1 Å². The highest BCUT2D eigenvalue weighted by Gasteiger charge is 2.48. The lowest BCUT2D eigenvalue weighted by Crippen LogP contribution is -2.38. The molecule has 1 aromatic rings. The van der Waals surface area contributed by atoms with Crippen molar-refractivity contribution >= 4 is 0 Å². The fourth-order valence-electron chi connectivity index (χ4n) is 4.72. The predicted octanol–water partition coefficient (Wildman–Crippen LogP) is 2.66. The van der Waals surface area contributed by atoms with E-state index in [4.69, 9.17) is 0 Å². The van der Waals surface area contributed by atoms with Gasteiger partial charge in [-0.3, -0.25) is 0 Å². The van der Waals surface area contributed by atoms with Crippen molar-refractivity contribution in [2.24, 2.45) is 17.3 Å². The van der Waals surface area contributed by atoms with Crippen molar-refractivity contribution in [2.45, 2.75) is 51.6 Å². The summed E-state index contributed by atoms with van der Waals surface area (Å²) in [5, 5.41) is 29.3. The minimum Gasteiger partial charge on any atom is -0.508 e. The highest BCUT2D eigenvalue weighted by molar-refractivity contribution is 5.36. The maximum atomic E-state index is 10.4. The van der Waals surface area contributed by atoms with Gasteiger partial charge in [0.05, 0.1) is 6.10 Å². The first-order chi connectivity index (χ1) is 10.0. The third-order valence-electron chi connectivity index (χ3n) is 6.04. The first kappa shape index (κ1) is 14.9. The van der Waals surface area contributed by atoms with Crippen LogP contribution in [0.15, 0.2) is 18.2 Å². The molecule has 0 heterocycles. The number of fused-ring (bicyclic) bond motifs is 1. The van der Waals surface area contributed by atoms with Crippen LogP contribution in [0.1, 0.15) is 43.7 Å². The van der Waals surface area contributed by atoms with Crippen LogP contribution in [-0.2, 0) is 12.8 Å². The summed E-state index contributed by atoms with van der Waals surface area (Å²) in [6.45, 7) is 2.30. The van der Waals surface area contributed by atoms with Crippen LogP contribution >= 0.6 is 0 Å². The van der Waals surface area contributed by atoms with Crippen LogP contribution in [0.4, 0.5) is 0 Å². The van der Waals surface area contributed by atoms with E-state index in [1.54, 1.807) is 6.07 Å². The maximum absolute atomic E-state index is 10.4. The monoisotopic (exact) mass is 290 g/mol. The van der Waals surface area contributed by atoms with Crippen LogP contribution in [-0.4, -0.2) is 28.0 Å². The molecule has 0 bridgehead atoms. The lowest BCUT2D eigenvalue weighted by atomic mass is 9.65. The van der Waals surface area contributed by atoms with E-state index in [1.807, 2.05) is 12.1 Å². The highest BCUT2D eigenvalue weighted by atomic mass is 16.3. The molecule has 116 valence electrons. The number of rotatable bonds is 3. The van der Waals surface area contributed by atoms with Gasteiger partial charge in [0.2, 0.25) is 0 Å². The molecule has 1 fully saturated rings. The minimum atomic E-state index is -0.282. The third kappa shape index (κ3) is 2.58. The second-order valence-electron chi connectivity index (χ2n) is 7.13. The molecule has 3 nitrogen and oxygen atoms in total. The van der Waals surface area contributed by atoms with Crippen LogP contribution in [0, 0.1) is 17.3 Å². The fourth-order valence-corrected chi connectivity index (χ4v) is 4.72. The normalized spacial score (nSPS) is 35.7. The van der Waals surface area contributed by atoms with E-state index >= 15 is 0 Å². The zero-order valence-corrected chi connectivity index (χ0v) is 12.8. The SMILES string of the molecule is C[C@@]1(CCO)[C@@H](O)CC[C@H]1[C@@H]1CCc2cc(O)ccc2C1. The van der Waals surface area contributed by atoms with Gasteiger partial charge in [-0.15, -0.1) is 0 Å². The fraction of sp³-hybridized carbons (Fsp3) is 0.667. The van der Waals surface area contributed by atoms with Gasteiger partial charge in [-0.05, 0) is 79.0 Å². The van der Waals surface area contributed by atoms with Gasteiger partial charge in [-0.1, -0.05) is 13.0 Å². The minimum absolute atomic E-state index is 0.145. The number of phenolic OH excluding ortho intramolecular Hbond substituents is 1. The van der Waals surface area contributed by atoms with Gasteiger partial charge in [-0.2, -0.15) is 0 Å². The number of phenols is 1. The average Bonchev–Trinajstić information content (AvgIpc) is 2.75. The first-order valence-electron chi connectivity index (χ1n) is 8.14. The summed E-state index contributed by atoms with van der Waals surface area (Å²) in [6, 6.07) is 5.71. The Kier molecular flexibility index (Phi) is 3.98. The smallest absolute Gasteiger partial charge is 0.115 e. The second-order valence-corrected chi connectivity index (χ2v) is 7.13. The molecule has 1 aromatic carbocycles. The molecular weight excluding hydrogens is 264 g/mol. The molecule has 2 aliphatic rings. The molecule has 0 saturated heterocycles. The van der Waals surface area contributed by atoms with E-state index < -0.39 is 0 Å². The standard InChI is InChI=1S/C18H26O3/c1-18(8-9-19)16(6-7-17(18)21)14-3-2-13-11-15(20)5-4-12(13)10-14/h4-5,11,14,16-17,19-21H,2-3,6-10H2,1H3/t14-,16+,17+,18+/m1/s1. The Balaban J connectivity index is 1.80. The van der Waals surface area contributed by atoms with Crippen molar-refractivity contribution in [1.29, 1.82) is 0 Å². The van der Waals surface area contributed by atoms with E-state index in [0.29, 0.717) is 24.0 Å². The van der Waals surface area contributed by atoms with Gasteiger partial charge in [0.25, 0.3) is 0 Å². The summed E-state index contributed by atoms with van der Waals surface area (Å²) in [5.74, 6) is 1.42. The van der Waals surface area contributed by atoms with E-state index in [-0.39, 0.29) is 18.1 Å². The van der Waals surface area contributed by atoms with Gasteiger partial charge >= 0.3 is 0 Å². The molecule has 0 radical (unpaired) electrons. The molecule has 4 atom stereocenters. The molecule has 0 amide bonds. The van der Waals surface area contributed by atoms with Gasteiger partial charge in [0.15, 0.2) is 0 Å². The molecular formula is C18H26O3. The van der Waals surface area contributed by atoms with Gasteiger partial charge in [0, 0.05) is 6.61 Å². The Morgan fingerprint density at radius 2 is 2.00 bits per heavy atom. The highest BCUT2D eigenvalue weighted by Crippen LogP contribution is 2.51. The Hall–Kier alpha value is -1.06. The summed E-state index contributed by atoms with van der Waals surface area (Å²) < 4.78 is 0.